The normalized spacial score (nSPS) is 11.6. The number of nitrogens with zero attached hydrogens (tertiary/aromatic N) is 2. The van der Waals surface area contributed by atoms with Crippen molar-refractivity contribution < 1.29 is 4.74 Å². The number of anilines is 1. The Morgan fingerprint density at radius 2 is 2.05 bits per heavy atom. The minimum Gasteiger partial charge on any atom is -0.385 e. The van der Waals surface area contributed by atoms with Crippen LogP contribution in [0.15, 0.2) is 42.7 Å². The number of benzene rings is 1. The fourth-order valence-electron chi connectivity index (χ4n) is 2.00. The van der Waals surface area contributed by atoms with Crippen molar-refractivity contribution in [2.75, 3.05) is 19.0 Å². The lowest BCUT2D eigenvalue weighted by Gasteiger charge is -2.23. The summed E-state index contributed by atoms with van der Waals surface area (Å²) in [6.07, 6.45) is 4.74. The third-order valence-corrected chi connectivity index (χ3v) is 3.50. The van der Waals surface area contributed by atoms with E-state index in [4.69, 9.17) is 4.74 Å². The molecule has 0 aliphatic heterocycles. The molecule has 4 nitrogen and oxygen atoms in total. The summed E-state index contributed by atoms with van der Waals surface area (Å²) in [5.74, 6) is 0. The van der Waals surface area contributed by atoms with E-state index in [1.807, 2.05) is 16.9 Å². The van der Waals surface area contributed by atoms with E-state index in [-0.39, 0.29) is 5.60 Å². The molecule has 0 fully saturated rings. The van der Waals surface area contributed by atoms with Crippen molar-refractivity contribution >= 4 is 5.69 Å². The van der Waals surface area contributed by atoms with Crippen LogP contribution in [0.3, 0.4) is 0 Å². The molecule has 0 saturated heterocycles. The van der Waals surface area contributed by atoms with Crippen molar-refractivity contribution in [3.8, 4) is 0 Å². The smallest absolute Gasteiger partial charge is 0.0679 e. The van der Waals surface area contributed by atoms with Gasteiger partial charge in [-0.1, -0.05) is 18.2 Å². The van der Waals surface area contributed by atoms with Crippen LogP contribution in [0.25, 0.3) is 0 Å². The predicted molar refractivity (Wildman–Crippen MR) is 82.0 cm³/mol. The zero-order valence-electron chi connectivity index (χ0n) is 12.5. The van der Waals surface area contributed by atoms with Gasteiger partial charge in [0, 0.05) is 31.7 Å². The molecule has 0 aliphatic carbocycles. The Morgan fingerprint density at radius 1 is 1.25 bits per heavy atom. The van der Waals surface area contributed by atoms with Crippen LogP contribution in [0.1, 0.15) is 25.8 Å². The summed E-state index contributed by atoms with van der Waals surface area (Å²) in [5, 5.41) is 7.75. The molecule has 4 heteroatoms. The number of para-hydroxylation sites is 1. The van der Waals surface area contributed by atoms with E-state index in [1.54, 1.807) is 13.3 Å². The lowest BCUT2D eigenvalue weighted by molar-refractivity contribution is 0.0185. The number of hydrogen-bond donors (Lipinski definition) is 1. The lowest BCUT2D eigenvalue weighted by atomic mass is 10.1. The Bertz CT molecular complexity index is 520. The number of ether oxygens (including phenoxy) is 1. The molecule has 1 aromatic carbocycles. The summed E-state index contributed by atoms with van der Waals surface area (Å²) in [7, 11) is 1.76. The zero-order valence-corrected chi connectivity index (χ0v) is 12.5. The maximum absolute atomic E-state index is 5.44. The van der Waals surface area contributed by atoms with Gasteiger partial charge in [0.15, 0.2) is 0 Å². The van der Waals surface area contributed by atoms with E-state index >= 15 is 0 Å². The highest BCUT2D eigenvalue weighted by atomic mass is 16.5. The molecule has 2 aromatic rings. The fourth-order valence-corrected chi connectivity index (χ4v) is 2.00. The standard InChI is InChI=1S/C16H23N3O/c1-16(2,20-3)9-11-17-15-8-5-4-7-14(15)13-19-12-6-10-18-19/h4-8,10,12,17H,9,11,13H2,1-3H3. The van der Waals surface area contributed by atoms with Gasteiger partial charge in [-0.25, -0.2) is 0 Å². The maximum atomic E-state index is 5.44. The number of rotatable bonds is 7. The van der Waals surface area contributed by atoms with Gasteiger partial charge in [0.25, 0.3) is 0 Å². The third-order valence-electron chi connectivity index (χ3n) is 3.50. The SMILES string of the molecule is COC(C)(C)CCNc1ccccc1Cn1cccn1. The van der Waals surface area contributed by atoms with Gasteiger partial charge in [-0.3, -0.25) is 4.68 Å². The predicted octanol–water partition coefficient (Wildman–Crippen LogP) is 3.16. The van der Waals surface area contributed by atoms with Crippen LogP contribution >= 0.6 is 0 Å². The van der Waals surface area contributed by atoms with E-state index in [0.717, 1.165) is 25.2 Å². The Balaban J connectivity index is 1.97. The number of aromatic nitrogens is 2. The second-order valence-electron chi connectivity index (χ2n) is 5.50. The molecule has 108 valence electrons. The summed E-state index contributed by atoms with van der Waals surface area (Å²) < 4.78 is 7.37. The first kappa shape index (κ1) is 14.6. The van der Waals surface area contributed by atoms with Crippen LogP contribution in [0.5, 0.6) is 0 Å². The molecule has 2 rings (SSSR count). The number of nitrogens with one attached hydrogen (secondary N) is 1. The van der Waals surface area contributed by atoms with Crippen LogP contribution in [0.2, 0.25) is 0 Å². The lowest BCUT2D eigenvalue weighted by Crippen LogP contribution is -2.26. The molecule has 0 amide bonds. The second kappa shape index (κ2) is 6.57. The largest absolute Gasteiger partial charge is 0.385 e. The van der Waals surface area contributed by atoms with Crippen LogP contribution in [0.4, 0.5) is 5.69 Å². The van der Waals surface area contributed by atoms with Gasteiger partial charge in [-0.15, -0.1) is 0 Å². The minimum atomic E-state index is -0.0933. The summed E-state index contributed by atoms with van der Waals surface area (Å²) >= 11 is 0. The number of hydrogen-bond acceptors (Lipinski definition) is 3. The summed E-state index contributed by atoms with van der Waals surface area (Å²) in [6.45, 7) is 5.87. The highest BCUT2D eigenvalue weighted by Crippen LogP contribution is 2.18. The van der Waals surface area contributed by atoms with Gasteiger partial charge in [-0.05, 0) is 38.0 Å². The quantitative estimate of drug-likeness (QED) is 0.842. The monoisotopic (exact) mass is 273 g/mol. The first-order chi connectivity index (χ1) is 9.61. The zero-order chi connectivity index (χ0) is 14.4. The molecule has 1 N–H and O–H groups in total. The molecule has 0 aliphatic rings. The highest BCUT2D eigenvalue weighted by molar-refractivity contribution is 5.51. The molecule has 1 heterocycles. The second-order valence-corrected chi connectivity index (χ2v) is 5.50. The molecule has 1 aromatic heterocycles. The first-order valence-electron chi connectivity index (χ1n) is 6.95. The molecule has 0 atom stereocenters. The van der Waals surface area contributed by atoms with Crippen LogP contribution in [-0.4, -0.2) is 29.0 Å². The molecular formula is C16H23N3O. The molecule has 0 saturated carbocycles. The van der Waals surface area contributed by atoms with Crippen molar-refractivity contribution in [1.29, 1.82) is 0 Å². The molecule has 0 spiro atoms. The van der Waals surface area contributed by atoms with Gasteiger partial charge < -0.3 is 10.1 Å². The maximum Gasteiger partial charge on any atom is 0.0679 e. The van der Waals surface area contributed by atoms with Gasteiger partial charge in [-0.2, -0.15) is 5.10 Å². The Kier molecular flexibility index (Phi) is 4.79. The summed E-state index contributed by atoms with van der Waals surface area (Å²) in [4.78, 5) is 0. The molecule has 0 unspecified atom stereocenters. The first-order valence-corrected chi connectivity index (χ1v) is 6.95. The molecule has 0 bridgehead atoms. The molecule has 20 heavy (non-hydrogen) atoms. The summed E-state index contributed by atoms with van der Waals surface area (Å²) in [6, 6.07) is 10.3. The average Bonchev–Trinajstić information content (AvgIpc) is 2.93. The van der Waals surface area contributed by atoms with Crippen molar-refractivity contribution in [3.63, 3.8) is 0 Å². The van der Waals surface area contributed by atoms with Crippen LogP contribution in [0, 0.1) is 0 Å². The van der Waals surface area contributed by atoms with Crippen LogP contribution in [-0.2, 0) is 11.3 Å². The third kappa shape index (κ3) is 4.10. The highest BCUT2D eigenvalue weighted by Gasteiger charge is 2.15. The van der Waals surface area contributed by atoms with Crippen molar-refractivity contribution in [3.05, 3.63) is 48.3 Å². The molecule has 0 radical (unpaired) electrons. The average molecular weight is 273 g/mol. The van der Waals surface area contributed by atoms with Gasteiger partial charge in [0.05, 0.1) is 12.1 Å². The molecular weight excluding hydrogens is 250 g/mol. The Morgan fingerprint density at radius 3 is 2.75 bits per heavy atom. The topological polar surface area (TPSA) is 39.1 Å². The van der Waals surface area contributed by atoms with E-state index in [9.17, 15) is 0 Å². The van der Waals surface area contributed by atoms with Crippen molar-refractivity contribution in [1.82, 2.24) is 9.78 Å². The Hall–Kier alpha value is -1.81. The van der Waals surface area contributed by atoms with E-state index < -0.39 is 0 Å². The van der Waals surface area contributed by atoms with Crippen molar-refractivity contribution in [2.45, 2.75) is 32.4 Å². The van der Waals surface area contributed by atoms with E-state index in [0.29, 0.717) is 0 Å². The number of methoxy groups -OCH3 is 1. The van der Waals surface area contributed by atoms with Gasteiger partial charge in [0.2, 0.25) is 0 Å². The minimum absolute atomic E-state index is 0.0933. The van der Waals surface area contributed by atoms with Gasteiger partial charge >= 0.3 is 0 Å². The van der Waals surface area contributed by atoms with E-state index in [1.165, 1.54) is 5.56 Å². The summed E-state index contributed by atoms with van der Waals surface area (Å²) in [5.41, 5.74) is 2.31. The van der Waals surface area contributed by atoms with Gasteiger partial charge in [0.1, 0.15) is 0 Å². The van der Waals surface area contributed by atoms with Crippen LogP contribution < -0.4 is 5.32 Å². The fraction of sp³-hybridized carbons (Fsp3) is 0.438. The Labute approximate surface area is 120 Å². The van der Waals surface area contributed by atoms with E-state index in [2.05, 4.69) is 48.5 Å². The van der Waals surface area contributed by atoms with Crippen molar-refractivity contribution in [2.24, 2.45) is 0 Å².